The maximum absolute atomic E-state index is 12.4. The van der Waals surface area contributed by atoms with E-state index >= 15 is 0 Å². The van der Waals surface area contributed by atoms with E-state index in [1.54, 1.807) is 36.4 Å². The Morgan fingerprint density at radius 3 is 2.75 bits per heavy atom. The first kappa shape index (κ1) is 18.3. The lowest BCUT2D eigenvalue weighted by atomic mass is 10.2. The molecule has 0 saturated carbocycles. The van der Waals surface area contributed by atoms with Gasteiger partial charge in [0.15, 0.2) is 5.13 Å². The lowest BCUT2D eigenvalue weighted by molar-refractivity contribution is -0.116. The Bertz CT molecular complexity index is 1200. The number of rotatable bonds is 5. The molecule has 0 aliphatic rings. The molecular formula is C19H14ClN5O2S. The van der Waals surface area contributed by atoms with Gasteiger partial charge in [-0.2, -0.15) is 0 Å². The van der Waals surface area contributed by atoms with Crippen LogP contribution in [-0.2, 0) is 11.3 Å². The van der Waals surface area contributed by atoms with Crippen LogP contribution >= 0.6 is 22.9 Å². The lowest BCUT2D eigenvalue weighted by Crippen LogP contribution is -2.26. The number of benzene rings is 2. The summed E-state index contributed by atoms with van der Waals surface area (Å²) in [6, 6.07) is 14.3. The smallest absolute Gasteiger partial charge is 0.277 e. The Morgan fingerprint density at radius 1 is 1.14 bits per heavy atom. The first-order chi connectivity index (χ1) is 13.6. The molecule has 0 fully saturated rings. The largest absolute Gasteiger partial charge is 0.302 e. The maximum Gasteiger partial charge on any atom is 0.277 e. The number of aryl methyl sites for hydroxylation is 1. The minimum atomic E-state index is -0.266. The number of nitrogens with zero attached hydrogens (tertiary/aromatic N) is 4. The van der Waals surface area contributed by atoms with Crippen molar-refractivity contribution in [2.75, 3.05) is 5.32 Å². The normalized spacial score (nSPS) is 10.9. The van der Waals surface area contributed by atoms with Crippen LogP contribution in [0.3, 0.4) is 0 Å². The van der Waals surface area contributed by atoms with Gasteiger partial charge in [-0.3, -0.25) is 9.59 Å². The van der Waals surface area contributed by atoms with E-state index in [4.69, 9.17) is 11.6 Å². The third-order valence-electron chi connectivity index (χ3n) is 4.07. The first-order valence-electron chi connectivity index (χ1n) is 8.44. The summed E-state index contributed by atoms with van der Waals surface area (Å²) in [4.78, 5) is 29.0. The van der Waals surface area contributed by atoms with E-state index in [0.717, 1.165) is 11.3 Å². The molecule has 0 saturated heterocycles. The second kappa shape index (κ2) is 7.87. The van der Waals surface area contributed by atoms with E-state index in [2.05, 4.69) is 20.6 Å². The molecule has 2 aromatic heterocycles. The highest BCUT2D eigenvalue weighted by molar-refractivity contribution is 7.14. The highest BCUT2D eigenvalue weighted by atomic mass is 35.5. The Kier molecular flexibility index (Phi) is 5.14. The number of hydrogen-bond donors (Lipinski definition) is 1. The van der Waals surface area contributed by atoms with Gasteiger partial charge in [0.25, 0.3) is 5.56 Å². The Morgan fingerprint density at radius 2 is 1.93 bits per heavy atom. The van der Waals surface area contributed by atoms with Crippen LogP contribution in [0.15, 0.2) is 58.7 Å². The average Bonchev–Trinajstić information content (AvgIpc) is 3.16. The fraction of sp³-hybridized carbons (Fsp3) is 0.105. The summed E-state index contributed by atoms with van der Waals surface area (Å²) in [7, 11) is 0. The van der Waals surface area contributed by atoms with Gasteiger partial charge in [-0.1, -0.05) is 41.1 Å². The van der Waals surface area contributed by atoms with Gasteiger partial charge in [-0.05, 0) is 24.3 Å². The van der Waals surface area contributed by atoms with Gasteiger partial charge in [-0.15, -0.1) is 16.4 Å². The van der Waals surface area contributed by atoms with Crippen molar-refractivity contribution in [2.45, 2.75) is 13.0 Å². The Balaban J connectivity index is 1.41. The van der Waals surface area contributed by atoms with E-state index in [9.17, 15) is 9.59 Å². The standard InChI is InChI=1S/C19H14ClN5O2S/c20-13-7-5-12(6-8-13)16-11-28-19(21-16)22-17(26)9-10-25-18(27)14-3-1-2-4-15(14)23-24-25/h1-8,11H,9-10H2,(H,21,22,26). The summed E-state index contributed by atoms with van der Waals surface area (Å²) in [5.41, 5.74) is 1.94. The van der Waals surface area contributed by atoms with Gasteiger partial charge in [0.1, 0.15) is 5.52 Å². The number of fused-ring (bicyclic) bond motifs is 1. The fourth-order valence-corrected chi connectivity index (χ4v) is 3.51. The van der Waals surface area contributed by atoms with Crippen molar-refractivity contribution in [3.8, 4) is 11.3 Å². The summed E-state index contributed by atoms with van der Waals surface area (Å²) in [5, 5.41) is 14.1. The minimum absolute atomic E-state index is 0.0861. The summed E-state index contributed by atoms with van der Waals surface area (Å²) >= 11 is 7.22. The molecule has 0 radical (unpaired) electrons. The van der Waals surface area contributed by atoms with Crippen molar-refractivity contribution < 1.29 is 4.79 Å². The second-order valence-corrected chi connectivity index (χ2v) is 7.27. The van der Waals surface area contributed by atoms with Crippen molar-refractivity contribution in [1.29, 1.82) is 0 Å². The summed E-state index contributed by atoms with van der Waals surface area (Å²) in [6.45, 7) is 0.137. The SMILES string of the molecule is O=C(CCn1nnc2ccccc2c1=O)Nc1nc(-c2ccc(Cl)cc2)cs1. The number of aromatic nitrogens is 4. The number of hydrogen-bond acceptors (Lipinski definition) is 6. The molecule has 2 heterocycles. The molecule has 0 aliphatic carbocycles. The molecule has 9 heteroatoms. The number of carbonyl (C=O) groups is 1. The molecular weight excluding hydrogens is 398 g/mol. The van der Waals surface area contributed by atoms with Gasteiger partial charge in [0, 0.05) is 22.4 Å². The van der Waals surface area contributed by atoms with Crippen molar-refractivity contribution in [3.05, 3.63) is 69.3 Å². The molecule has 2 aromatic carbocycles. The molecule has 1 amide bonds. The molecule has 0 atom stereocenters. The Labute approximate surface area is 168 Å². The predicted molar refractivity (Wildman–Crippen MR) is 110 cm³/mol. The molecule has 4 aromatic rings. The van der Waals surface area contributed by atoms with Gasteiger partial charge >= 0.3 is 0 Å². The first-order valence-corrected chi connectivity index (χ1v) is 9.70. The van der Waals surface area contributed by atoms with Crippen molar-refractivity contribution >= 4 is 44.9 Å². The van der Waals surface area contributed by atoms with E-state index < -0.39 is 0 Å². The van der Waals surface area contributed by atoms with Crippen molar-refractivity contribution in [1.82, 2.24) is 20.0 Å². The number of amides is 1. The third-order valence-corrected chi connectivity index (χ3v) is 5.08. The van der Waals surface area contributed by atoms with Crippen LogP contribution in [0.4, 0.5) is 5.13 Å². The lowest BCUT2D eigenvalue weighted by Gasteiger charge is -2.05. The molecule has 28 heavy (non-hydrogen) atoms. The predicted octanol–water partition coefficient (Wildman–Crippen LogP) is 3.60. The van der Waals surface area contributed by atoms with E-state index in [1.807, 2.05) is 17.5 Å². The van der Waals surface area contributed by atoms with Crippen LogP contribution in [0, 0.1) is 0 Å². The van der Waals surface area contributed by atoms with Crippen molar-refractivity contribution in [3.63, 3.8) is 0 Å². The zero-order valence-electron chi connectivity index (χ0n) is 14.5. The fourth-order valence-electron chi connectivity index (χ4n) is 2.64. The Hall–Kier alpha value is -3.10. The number of anilines is 1. The maximum atomic E-state index is 12.4. The zero-order valence-corrected chi connectivity index (χ0v) is 16.1. The van der Waals surface area contributed by atoms with Gasteiger partial charge in [-0.25, -0.2) is 9.67 Å². The summed E-state index contributed by atoms with van der Waals surface area (Å²) in [5.74, 6) is -0.251. The van der Waals surface area contributed by atoms with Gasteiger partial charge in [0.2, 0.25) is 5.91 Å². The number of carbonyl (C=O) groups excluding carboxylic acids is 1. The quantitative estimate of drug-likeness (QED) is 0.542. The topological polar surface area (TPSA) is 89.8 Å². The molecule has 4 rings (SSSR count). The molecule has 0 spiro atoms. The van der Waals surface area contributed by atoms with E-state index in [0.29, 0.717) is 21.1 Å². The van der Waals surface area contributed by atoms with Crippen LogP contribution in [0.1, 0.15) is 6.42 Å². The highest BCUT2D eigenvalue weighted by Gasteiger charge is 2.10. The minimum Gasteiger partial charge on any atom is -0.302 e. The van der Waals surface area contributed by atoms with Crippen LogP contribution in [0.2, 0.25) is 5.02 Å². The molecule has 0 aliphatic heterocycles. The third kappa shape index (κ3) is 3.92. The van der Waals surface area contributed by atoms with Crippen LogP contribution in [0.25, 0.3) is 22.2 Å². The number of halogens is 1. The van der Waals surface area contributed by atoms with Crippen molar-refractivity contribution in [2.24, 2.45) is 0 Å². The summed E-state index contributed by atoms with van der Waals surface area (Å²) < 4.78 is 1.20. The monoisotopic (exact) mass is 411 g/mol. The van der Waals surface area contributed by atoms with Gasteiger partial charge in [0.05, 0.1) is 17.6 Å². The zero-order chi connectivity index (χ0) is 19.5. The molecule has 7 nitrogen and oxygen atoms in total. The summed E-state index contributed by atoms with van der Waals surface area (Å²) in [6.07, 6.45) is 0.0861. The number of thiazole rings is 1. The number of nitrogens with one attached hydrogen (secondary N) is 1. The van der Waals surface area contributed by atoms with Crippen LogP contribution in [-0.4, -0.2) is 25.9 Å². The van der Waals surface area contributed by atoms with Gasteiger partial charge < -0.3 is 5.32 Å². The van der Waals surface area contributed by atoms with Crippen LogP contribution in [0.5, 0.6) is 0 Å². The molecule has 0 bridgehead atoms. The molecule has 1 N–H and O–H groups in total. The highest BCUT2D eigenvalue weighted by Crippen LogP contribution is 2.26. The average molecular weight is 412 g/mol. The van der Waals surface area contributed by atoms with E-state index in [1.165, 1.54) is 16.0 Å². The molecule has 0 unspecified atom stereocenters. The molecule has 140 valence electrons. The van der Waals surface area contributed by atoms with Crippen LogP contribution < -0.4 is 10.9 Å². The van der Waals surface area contributed by atoms with E-state index in [-0.39, 0.29) is 24.4 Å². The second-order valence-electron chi connectivity index (χ2n) is 5.98.